The highest BCUT2D eigenvalue weighted by Gasteiger charge is 2.30. The maximum Gasteiger partial charge on any atom is 0.227 e. The van der Waals surface area contributed by atoms with Crippen LogP contribution >= 0.6 is 11.3 Å². The molecule has 1 atom stereocenters. The van der Waals surface area contributed by atoms with Crippen LogP contribution in [0.4, 0.5) is 0 Å². The van der Waals surface area contributed by atoms with Crippen molar-refractivity contribution in [1.29, 1.82) is 0 Å². The molecule has 1 aliphatic heterocycles. The summed E-state index contributed by atoms with van der Waals surface area (Å²) in [5.41, 5.74) is 3.29. The second-order valence-electron chi connectivity index (χ2n) is 5.45. The van der Waals surface area contributed by atoms with Crippen LogP contribution in [0.15, 0.2) is 23.0 Å². The van der Waals surface area contributed by atoms with Crippen LogP contribution in [0.1, 0.15) is 22.7 Å². The van der Waals surface area contributed by atoms with Crippen LogP contribution in [0.25, 0.3) is 0 Å². The molecule has 0 saturated heterocycles. The van der Waals surface area contributed by atoms with E-state index in [2.05, 4.69) is 5.10 Å². The highest BCUT2D eigenvalue weighted by molar-refractivity contribution is 7.07. The summed E-state index contributed by atoms with van der Waals surface area (Å²) < 4.78 is 7.12. The molecule has 2 aromatic rings. The first-order valence-electron chi connectivity index (χ1n) is 6.97. The van der Waals surface area contributed by atoms with E-state index in [1.165, 1.54) is 0 Å². The van der Waals surface area contributed by atoms with E-state index in [-0.39, 0.29) is 11.8 Å². The number of hydrogen-bond donors (Lipinski definition) is 0. The molecule has 21 heavy (non-hydrogen) atoms. The predicted octanol–water partition coefficient (Wildman–Crippen LogP) is 1.80. The standard InChI is InChI=1S/C15H19N3O2S/c1-17-6-12-7-18(8-13(9-20-2)15(12)16-17)14(19)5-11-3-4-21-10-11/h3-4,6,10,13H,5,7-9H2,1-2H3. The van der Waals surface area contributed by atoms with Crippen LogP contribution in [0.2, 0.25) is 0 Å². The van der Waals surface area contributed by atoms with Crippen molar-refractivity contribution in [2.24, 2.45) is 7.05 Å². The van der Waals surface area contributed by atoms with Crippen molar-refractivity contribution in [2.45, 2.75) is 18.9 Å². The van der Waals surface area contributed by atoms with Gasteiger partial charge in [0.25, 0.3) is 0 Å². The fourth-order valence-corrected chi connectivity index (χ4v) is 3.51. The fraction of sp³-hybridized carbons (Fsp3) is 0.467. The first-order chi connectivity index (χ1) is 10.2. The van der Waals surface area contributed by atoms with Gasteiger partial charge in [-0.3, -0.25) is 9.48 Å². The first kappa shape index (κ1) is 14.3. The Hall–Kier alpha value is -1.66. The number of fused-ring (bicyclic) bond motifs is 1. The van der Waals surface area contributed by atoms with Crippen LogP contribution < -0.4 is 0 Å². The molecule has 0 saturated carbocycles. The molecular formula is C15H19N3O2S. The number of thiophene rings is 1. The average Bonchev–Trinajstić information content (AvgIpc) is 3.07. The number of aromatic nitrogens is 2. The Morgan fingerprint density at radius 3 is 3.14 bits per heavy atom. The number of ether oxygens (including phenoxy) is 1. The average molecular weight is 305 g/mol. The third kappa shape index (κ3) is 3.01. The molecule has 0 aliphatic carbocycles. The van der Waals surface area contributed by atoms with E-state index in [9.17, 15) is 4.79 Å². The van der Waals surface area contributed by atoms with Crippen LogP contribution in [-0.4, -0.2) is 40.8 Å². The maximum atomic E-state index is 12.5. The zero-order valence-electron chi connectivity index (χ0n) is 12.3. The van der Waals surface area contributed by atoms with Crippen molar-refractivity contribution in [3.8, 4) is 0 Å². The van der Waals surface area contributed by atoms with Crippen LogP contribution in [-0.2, 0) is 29.5 Å². The molecule has 1 amide bonds. The molecule has 5 nitrogen and oxygen atoms in total. The van der Waals surface area contributed by atoms with Gasteiger partial charge in [-0.05, 0) is 22.4 Å². The van der Waals surface area contributed by atoms with Gasteiger partial charge in [0, 0.05) is 44.9 Å². The minimum atomic E-state index is 0.159. The molecular weight excluding hydrogens is 286 g/mol. The van der Waals surface area contributed by atoms with Crippen molar-refractivity contribution >= 4 is 17.2 Å². The smallest absolute Gasteiger partial charge is 0.227 e. The number of hydrogen-bond acceptors (Lipinski definition) is 4. The minimum absolute atomic E-state index is 0.159. The number of methoxy groups -OCH3 is 1. The molecule has 0 fully saturated rings. The molecule has 1 aliphatic rings. The molecule has 0 aromatic carbocycles. The number of carbonyl (C=O) groups excluding carboxylic acids is 1. The van der Waals surface area contributed by atoms with Crippen molar-refractivity contribution in [2.75, 3.05) is 20.3 Å². The minimum Gasteiger partial charge on any atom is -0.384 e. The molecule has 2 aromatic heterocycles. The van der Waals surface area contributed by atoms with E-state index in [0.29, 0.717) is 26.1 Å². The third-order valence-electron chi connectivity index (χ3n) is 3.78. The molecule has 0 radical (unpaired) electrons. The Kier molecular flexibility index (Phi) is 4.07. The highest BCUT2D eigenvalue weighted by Crippen LogP contribution is 2.27. The van der Waals surface area contributed by atoms with Crippen molar-refractivity contribution in [3.05, 3.63) is 39.8 Å². The summed E-state index contributed by atoms with van der Waals surface area (Å²) in [6.45, 7) is 1.92. The van der Waals surface area contributed by atoms with E-state index in [1.807, 2.05) is 39.7 Å². The van der Waals surface area contributed by atoms with Crippen LogP contribution in [0.5, 0.6) is 0 Å². The lowest BCUT2D eigenvalue weighted by Crippen LogP contribution is -2.40. The SMILES string of the molecule is COCC1CN(C(=O)Cc2ccsc2)Cc2cn(C)nc21. The normalized spacial score (nSPS) is 17.8. The third-order valence-corrected chi connectivity index (χ3v) is 4.51. The predicted molar refractivity (Wildman–Crippen MR) is 81.3 cm³/mol. The Morgan fingerprint density at radius 2 is 2.43 bits per heavy atom. The van der Waals surface area contributed by atoms with E-state index in [4.69, 9.17) is 4.74 Å². The topological polar surface area (TPSA) is 47.4 Å². The molecule has 0 bridgehead atoms. The molecule has 1 unspecified atom stereocenters. The quantitative estimate of drug-likeness (QED) is 0.865. The van der Waals surface area contributed by atoms with Gasteiger partial charge in [0.1, 0.15) is 0 Å². The maximum absolute atomic E-state index is 12.5. The number of amides is 1. The lowest BCUT2D eigenvalue weighted by molar-refractivity contribution is -0.132. The number of nitrogens with zero attached hydrogens (tertiary/aromatic N) is 3. The van der Waals surface area contributed by atoms with Crippen molar-refractivity contribution in [3.63, 3.8) is 0 Å². The largest absolute Gasteiger partial charge is 0.384 e. The molecule has 6 heteroatoms. The van der Waals surface area contributed by atoms with E-state index >= 15 is 0 Å². The van der Waals surface area contributed by atoms with E-state index in [1.54, 1.807) is 18.4 Å². The summed E-state index contributed by atoms with van der Waals surface area (Å²) in [7, 11) is 3.61. The van der Waals surface area contributed by atoms with Gasteiger partial charge >= 0.3 is 0 Å². The molecule has 112 valence electrons. The van der Waals surface area contributed by atoms with Gasteiger partial charge in [-0.2, -0.15) is 16.4 Å². The Labute approximate surface area is 128 Å². The van der Waals surface area contributed by atoms with Gasteiger partial charge in [-0.15, -0.1) is 0 Å². The van der Waals surface area contributed by atoms with Crippen LogP contribution in [0.3, 0.4) is 0 Å². The van der Waals surface area contributed by atoms with Gasteiger partial charge < -0.3 is 9.64 Å². The Balaban J connectivity index is 1.77. The Bertz CT molecular complexity index is 621. The molecule has 3 rings (SSSR count). The monoisotopic (exact) mass is 305 g/mol. The lowest BCUT2D eigenvalue weighted by atomic mass is 9.97. The highest BCUT2D eigenvalue weighted by atomic mass is 32.1. The van der Waals surface area contributed by atoms with Gasteiger partial charge in [-0.25, -0.2) is 0 Å². The molecule has 0 N–H and O–H groups in total. The van der Waals surface area contributed by atoms with Gasteiger partial charge in [0.05, 0.1) is 18.7 Å². The van der Waals surface area contributed by atoms with Crippen LogP contribution in [0, 0.1) is 0 Å². The Morgan fingerprint density at radius 1 is 1.57 bits per heavy atom. The zero-order chi connectivity index (χ0) is 14.8. The summed E-state index contributed by atoms with van der Waals surface area (Å²) in [4.78, 5) is 14.4. The lowest BCUT2D eigenvalue weighted by Gasteiger charge is -2.31. The fourth-order valence-electron chi connectivity index (χ4n) is 2.85. The summed E-state index contributed by atoms with van der Waals surface area (Å²) in [5.74, 6) is 0.329. The van der Waals surface area contributed by atoms with Gasteiger partial charge in [0.15, 0.2) is 0 Å². The summed E-state index contributed by atoms with van der Waals surface area (Å²) in [5, 5.41) is 8.56. The van der Waals surface area contributed by atoms with Gasteiger partial charge in [-0.1, -0.05) is 0 Å². The molecule has 3 heterocycles. The van der Waals surface area contributed by atoms with Crippen molar-refractivity contribution in [1.82, 2.24) is 14.7 Å². The number of carbonyl (C=O) groups is 1. The van der Waals surface area contributed by atoms with Gasteiger partial charge in [0.2, 0.25) is 5.91 Å². The second-order valence-corrected chi connectivity index (χ2v) is 6.23. The van der Waals surface area contributed by atoms with Crippen molar-refractivity contribution < 1.29 is 9.53 Å². The first-order valence-corrected chi connectivity index (χ1v) is 7.92. The summed E-state index contributed by atoms with van der Waals surface area (Å²) in [6.07, 6.45) is 2.47. The van der Waals surface area contributed by atoms with E-state index in [0.717, 1.165) is 16.8 Å². The molecule has 0 spiro atoms. The van der Waals surface area contributed by atoms with E-state index < -0.39 is 0 Å². The summed E-state index contributed by atoms with van der Waals surface area (Å²) >= 11 is 1.62. The zero-order valence-corrected chi connectivity index (χ0v) is 13.1. The number of aryl methyl sites for hydroxylation is 1. The summed E-state index contributed by atoms with van der Waals surface area (Å²) in [6, 6.07) is 2.01. The second kappa shape index (κ2) is 5.99. The number of rotatable bonds is 4.